The summed E-state index contributed by atoms with van der Waals surface area (Å²) in [5.74, 6) is 1.25. The summed E-state index contributed by atoms with van der Waals surface area (Å²) in [5, 5.41) is 11.0. The largest absolute Gasteiger partial charge is 0.497 e. The van der Waals surface area contributed by atoms with Gasteiger partial charge in [0.2, 0.25) is 6.29 Å². The van der Waals surface area contributed by atoms with E-state index < -0.39 is 37.0 Å². The second-order valence-electron chi connectivity index (χ2n) is 7.09. The van der Waals surface area contributed by atoms with Crippen LogP contribution in [0.3, 0.4) is 0 Å². The van der Waals surface area contributed by atoms with Crippen molar-refractivity contribution in [2.45, 2.75) is 37.0 Å². The van der Waals surface area contributed by atoms with Crippen molar-refractivity contribution in [1.82, 2.24) is 0 Å². The van der Waals surface area contributed by atoms with Gasteiger partial charge >= 0.3 is 0 Å². The molecule has 0 spiro atoms. The second kappa shape index (κ2) is 9.59. The van der Waals surface area contributed by atoms with Crippen LogP contribution in [0.5, 0.6) is 11.5 Å². The van der Waals surface area contributed by atoms with Gasteiger partial charge in [0, 0.05) is 5.56 Å². The zero-order chi connectivity index (χ0) is 20.9. The maximum absolute atomic E-state index is 11.0. The molecule has 2 saturated heterocycles. The highest BCUT2D eigenvalue weighted by atomic mass is 16.8. The maximum Gasteiger partial charge on any atom is 0.229 e. The van der Waals surface area contributed by atoms with E-state index >= 15 is 0 Å². The molecule has 6 atom stereocenters. The van der Waals surface area contributed by atoms with Crippen LogP contribution in [0.1, 0.15) is 11.9 Å². The molecule has 0 aliphatic carbocycles. The van der Waals surface area contributed by atoms with Crippen molar-refractivity contribution in [3.8, 4) is 11.5 Å². The highest BCUT2D eigenvalue weighted by Gasteiger charge is 2.51. The summed E-state index contributed by atoms with van der Waals surface area (Å²) in [6, 6.07) is 16.7. The lowest BCUT2D eigenvalue weighted by Gasteiger charge is -2.47. The highest BCUT2D eigenvalue weighted by molar-refractivity contribution is 5.31. The summed E-state index contributed by atoms with van der Waals surface area (Å²) >= 11 is 0. The van der Waals surface area contributed by atoms with E-state index in [1.807, 2.05) is 30.3 Å². The van der Waals surface area contributed by atoms with E-state index in [0.29, 0.717) is 11.5 Å². The van der Waals surface area contributed by atoms with Crippen molar-refractivity contribution in [2.75, 3.05) is 20.3 Å². The second-order valence-corrected chi connectivity index (χ2v) is 7.09. The van der Waals surface area contributed by atoms with Crippen LogP contribution in [0.25, 0.3) is 0 Å². The van der Waals surface area contributed by atoms with Gasteiger partial charge in [-0.2, -0.15) is 0 Å². The summed E-state index contributed by atoms with van der Waals surface area (Å²) in [7, 11) is 1.59. The lowest BCUT2D eigenvalue weighted by atomic mass is 9.97. The van der Waals surface area contributed by atoms with Gasteiger partial charge in [0.15, 0.2) is 6.29 Å². The molecule has 1 N–H and O–H groups in total. The van der Waals surface area contributed by atoms with Crippen LogP contribution in [-0.2, 0) is 18.9 Å². The van der Waals surface area contributed by atoms with E-state index in [9.17, 15) is 5.11 Å². The van der Waals surface area contributed by atoms with Gasteiger partial charge in [-0.05, 0) is 24.3 Å². The van der Waals surface area contributed by atoms with Gasteiger partial charge in [0.25, 0.3) is 0 Å². The van der Waals surface area contributed by atoms with E-state index in [1.54, 1.807) is 37.5 Å². The van der Waals surface area contributed by atoms with Crippen molar-refractivity contribution in [2.24, 2.45) is 0 Å². The van der Waals surface area contributed by atoms with Crippen LogP contribution in [-0.4, -0.2) is 56.1 Å². The number of methoxy groups -OCH3 is 1. The number of aliphatic hydroxyl groups excluding tert-OH is 1. The molecule has 160 valence electrons. The Kier molecular flexibility index (Phi) is 6.66. The maximum atomic E-state index is 11.0. The number of rotatable bonds is 7. The number of fused-ring (bicyclic) bond motifs is 1. The molecule has 7 nitrogen and oxygen atoms in total. The summed E-state index contributed by atoms with van der Waals surface area (Å²) in [6.07, 6.45) is -2.57. The van der Waals surface area contributed by atoms with E-state index in [0.717, 1.165) is 5.56 Å². The molecule has 2 aromatic rings. The standard InChI is InChI=1S/C23H26O7/c1-3-13-26-21-19(24)23(28-17-11-9-16(25-2)10-12-17)29-18-14-27-22(30-20(18)21)15-7-5-4-6-8-15/h3-12,18-24H,1,13-14H2,2H3/t18-,19-,20+,21-,22+,23-/m1/s1. The van der Waals surface area contributed by atoms with Crippen LogP contribution in [0, 0.1) is 0 Å². The number of hydrogen-bond donors (Lipinski definition) is 1. The zero-order valence-corrected chi connectivity index (χ0v) is 16.8. The Bertz CT molecular complexity index is 810. The van der Waals surface area contributed by atoms with E-state index in [4.69, 9.17) is 28.4 Å². The molecule has 4 rings (SSSR count). The molecule has 0 radical (unpaired) electrons. The Morgan fingerprint density at radius 2 is 1.80 bits per heavy atom. The zero-order valence-electron chi connectivity index (χ0n) is 16.8. The summed E-state index contributed by atoms with van der Waals surface area (Å²) in [4.78, 5) is 0. The fraction of sp³-hybridized carbons (Fsp3) is 0.391. The van der Waals surface area contributed by atoms with Gasteiger partial charge in [-0.3, -0.25) is 0 Å². The third-order valence-corrected chi connectivity index (χ3v) is 5.10. The Morgan fingerprint density at radius 3 is 2.50 bits per heavy atom. The molecule has 2 aliphatic rings. The first-order valence-electron chi connectivity index (χ1n) is 9.88. The molecule has 2 aromatic carbocycles. The molecule has 0 bridgehead atoms. The minimum atomic E-state index is -1.07. The number of aliphatic hydroxyl groups is 1. The average Bonchev–Trinajstić information content (AvgIpc) is 2.80. The smallest absolute Gasteiger partial charge is 0.229 e. The SMILES string of the molecule is C=CCO[C@@H]1[C@@H](O)[C@H](Oc2ccc(OC)cc2)O[C@@H]2CO[C@H](c3ccccc3)O[C@H]12. The molecule has 0 unspecified atom stereocenters. The molecule has 0 amide bonds. The lowest BCUT2D eigenvalue weighted by molar-refractivity contribution is -0.354. The third-order valence-electron chi connectivity index (χ3n) is 5.10. The molecule has 2 fully saturated rings. The van der Waals surface area contributed by atoms with Crippen molar-refractivity contribution in [3.63, 3.8) is 0 Å². The first-order valence-corrected chi connectivity index (χ1v) is 9.88. The van der Waals surface area contributed by atoms with Crippen molar-refractivity contribution < 1.29 is 33.5 Å². The monoisotopic (exact) mass is 414 g/mol. The molecule has 2 aliphatic heterocycles. The van der Waals surface area contributed by atoms with Gasteiger partial charge in [-0.15, -0.1) is 6.58 Å². The Hall–Kier alpha value is -2.42. The first-order chi connectivity index (χ1) is 14.7. The minimum absolute atomic E-state index is 0.264. The third kappa shape index (κ3) is 4.50. The van der Waals surface area contributed by atoms with Crippen molar-refractivity contribution >= 4 is 0 Å². The molecule has 2 heterocycles. The summed E-state index contributed by atoms with van der Waals surface area (Å²) in [6.45, 7) is 4.24. The number of hydrogen-bond acceptors (Lipinski definition) is 7. The Labute approximate surface area is 175 Å². The summed E-state index contributed by atoms with van der Waals surface area (Å²) in [5.41, 5.74) is 0.893. The predicted octanol–water partition coefficient (Wildman–Crippen LogP) is 2.85. The van der Waals surface area contributed by atoms with Gasteiger partial charge in [-0.25, -0.2) is 0 Å². The molecule has 7 heteroatoms. The molecular weight excluding hydrogens is 388 g/mol. The Balaban J connectivity index is 1.50. The fourth-order valence-corrected chi connectivity index (χ4v) is 3.60. The van der Waals surface area contributed by atoms with E-state index in [2.05, 4.69) is 6.58 Å². The summed E-state index contributed by atoms with van der Waals surface area (Å²) < 4.78 is 34.9. The topological polar surface area (TPSA) is 75.6 Å². The van der Waals surface area contributed by atoms with Crippen LogP contribution < -0.4 is 9.47 Å². The Morgan fingerprint density at radius 1 is 1.07 bits per heavy atom. The quantitative estimate of drug-likeness (QED) is 0.698. The van der Waals surface area contributed by atoms with Crippen molar-refractivity contribution in [3.05, 3.63) is 72.8 Å². The molecule has 0 saturated carbocycles. The van der Waals surface area contributed by atoms with Gasteiger partial charge < -0.3 is 33.5 Å². The van der Waals surface area contributed by atoms with Gasteiger partial charge in [0.1, 0.15) is 35.9 Å². The van der Waals surface area contributed by atoms with Crippen LogP contribution in [0.2, 0.25) is 0 Å². The van der Waals surface area contributed by atoms with Gasteiger partial charge in [0.05, 0.1) is 20.3 Å². The normalized spacial score (nSPS) is 30.9. The number of ether oxygens (including phenoxy) is 6. The average molecular weight is 414 g/mol. The first kappa shape index (κ1) is 20.8. The van der Waals surface area contributed by atoms with E-state index in [-0.39, 0.29) is 13.2 Å². The van der Waals surface area contributed by atoms with Crippen LogP contribution >= 0.6 is 0 Å². The molecular formula is C23H26O7. The van der Waals surface area contributed by atoms with Gasteiger partial charge in [-0.1, -0.05) is 36.4 Å². The fourth-order valence-electron chi connectivity index (χ4n) is 3.60. The predicted molar refractivity (Wildman–Crippen MR) is 108 cm³/mol. The highest BCUT2D eigenvalue weighted by Crippen LogP contribution is 2.36. The van der Waals surface area contributed by atoms with Crippen LogP contribution in [0.4, 0.5) is 0 Å². The lowest BCUT2D eigenvalue weighted by Crippen LogP contribution is -2.63. The van der Waals surface area contributed by atoms with Crippen LogP contribution in [0.15, 0.2) is 67.3 Å². The molecule has 30 heavy (non-hydrogen) atoms. The van der Waals surface area contributed by atoms with E-state index in [1.165, 1.54) is 0 Å². The van der Waals surface area contributed by atoms with Crippen molar-refractivity contribution in [1.29, 1.82) is 0 Å². The molecule has 0 aromatic heterocycles. The minimum Gasteiger partial charge on any atom is -0.497 e. The number of benzene rings is 2.